The van der Waals surface area contributed by atoms with E-state index in [4.69, 9.17) is 0 Å². The molecule has 25 heavy (non-hydrogen) atoms. The van der Waals surface area contributed by atoms with Crippen molar-refractivity contribution in [2.24, 2.45) is 0 Å². The molecular weight excluding hydrogens is 326 g/mol. The Balaban J connectivity index is 2.50. The number of aromatic nitrogens is 3. The van der Waals surface area contributed by atoms with E-state index in [0.29, 0.717) is 13.1 Å². The Kier molecular flexibility index (Phi) is 6.17. The Labute approximate surface area is 145 Å². The van der Waals surface area contributed by atoms with E-state index in [0.717, 1.165) is 12.1 Å². The van der Waals surface area contributed by atoms with Crippen molar-refractivity contribution in [1.29, 1.82) is 0 Å². The summed E-state index contributed by atoms with van der Waals surface area (Å²) in [5, 5.41) is 15.5. The lowest BCUT2D eigenvalue weighted by Gasteiger charge is -2.40. The lowest BCUT2D eigenvalue weighted by atomic mass is 9.85. The summed E-state index contributed by atoms with van der Waals surface area (Å²) in [6, 6.07) is 2.62. The minimum absolute atomic E-state index is 0.00461. The normalized spacial score (nSPS) is 14.9. The van der Waals surface area contributed by atoms with Gasteiger partial charge in [-0.25, -0.2) is 18.4 Å². The molecule has 1 N–H and O–H groups in total. The van der Waals surface area contributed by atoms with Gasteiger partial charge in [-0.15, -0.1) is 13.2 Å². The van der Waals surface area contributed by atoms with E-state index < -0.39 is 23.3 Å². The molecule has 1 heterocycles. The first-order valence-electron chi connectivity index (χ1n) is 7.88. The van der Waals surface area contributed by atoms with Crippen LogP contribution in [-0.4, -0.2) is 43.9 Å². The summed E-state index contributed by atoms with van der Waals surface area (Å²) in [4.78, 5) is 5.74. The minimum Gasteiger partial charge on any atom is -0.381 e. The molecule has 134 valence electrons. The average Bonchev–Trinajstić information content (AvgIpc) is 3.06. The molecule has 0 unspecified atom stereocenters. The van der Waals surface area contributed by atoms with Crippen LogP contribution < -0.4 is 0 Å². The van der Waals surface area contributed by atoms with Crippen molar-refractivity contribution < 1.29 is 13.9 Å². The Morgan fingerprint density at radius 1 is 1.32 bits per heavy atom. The van der Waals surface area contributed by atoms with Crippen LogP contribution in [0.25, 0.3) is 0 Å². The summed E-state index contributed by atoms with van der Waals surface area (Å²) in [5.74, 6) is -1.52. The molecule has 0 bridgehead atoms. The molecule has 0 aliphatic carbocycles. The molecule has 1 aromatic heterocycles. The van der Waals surface area contributed by atoms with Crippen molar-refractivity contribution in [3.05, 3.63) is 73.4 Å². The summed E-state index contributed by atoms with van der Waals surface area (Å²) in [6.45, 7) is 10.1. The highest BCUT2D eigenvalue weighted by Gasteiger charge is 2.41. The minimum atomic E-state index is -1.67. The van der Waals surface area contributed by atoms with Gasteiger partial charge in [0.05, 0.1) is 6.54 Å². The maximum absolute atomic E-state index is 14.5. The molecule has 0 radical (unpaired) electrons. The summed E-state index contributed by atoms with van der Waals surface area (Å²) in [6.07, 6.45) is 6.15. The van der Waals surface area contributed by atoms with Crippen LogP contribution in [0.1, 0.15) is 12.5 Å². The van der Waals surface area contributed by atoms with Gasteiger partial charge in [0.25, 0.3) is 0 Å². The molecular formula is C18H22F2N4O. The quantitative estimate of drug-likeness (QED) is 0.708. The SMILES string of the molecule is C=CCN(CC=C)[C@@H](C)[C@@](O)(Cn1cncn1)c1ccc(F)cc1F. The van der Waals surface area contributed by atoms with Gasteiger partial charge in [0.15, 0.2) is 0 Å². The van der Waals surface area contributed by atoms with Gasteiger partial charge in [0.1, 0.15) is 29.9 Å². The van der Waals surface area contributed by atoms with Crippen molar-refractivity contribution in [3.63, 3.8) is 0 Å². The molecule has 2 rings (SSSR count). The fourth-order valence-electron chi connectivity index (χ4n) is 2.87. The lowest BCUT2D eigenvalue weighted by Crippen LogP contribution is -2.52. The van der Waals surface area contributed by atoms with Crippen LogP contribution in [0.5, 0.6) is 0 Å². The van der Waals surface area contributed by atoms with Crippen molar-refractivity contribution >= 4 is 0 Å². The monoisotopic (exact) mass is 348 g/mol. The third-order valence-electron chi connectivity index (χ3n) is 4.23. The second-order valence-electron chi connectivity index (χ2n) is 5.85. The fourth-order valence-corrected chi connectivity index (χ4v) is 2.87. The molecule has 2 atom stereocenters. The van der Waals surface area contributed by atoms with Crippen LogP contribution in [0.4, 0.5) is 8.78 Å². The maximum Gasteiger partial charge on any atom is 0.137 e. The van der Waals surface area contributed by atoms with E-state index in [1.54, 1.807) is 19.1 Å². The van der Waals surface area contributed by atoms with Crippen molar-refractivity contribution in [2.75, 3.05) is 13.1 Å². The summed E-state index contributed by atoms with van der Waals surface area (Å²) in [7, 11) is 0. The molecule has 0 aliphatic heterocycles. The van der Waals surface area contributed by atoms with Crippen LogP contribution >= 0.6 is 0 Å². The molecule has 0 saturated heterocycles. The third-order valence-corrected chi connectivity index (χ3v) is 4.23. The second-order valence-corrected chi connectivity index (χ2v) is 5.85. The van der Waals surface area contributed by atoms with E-state index in [2.05, 4.69) is 23.2 Å². The Bertz CT molecular complexity index is 710. The van der Waals surface area contributed by atoms with Crippen LogP contribution in [0.15, 0.2) is 56.2 Å². The average molecular weight is 348 g/mol. The highest BCUT2D eigenvalue weighted by Crippen LogP contribution is 2.32. The molecule has 0 aliphatic rings. The van der Waals surface area contributed by atoms with Gasteiger partial charge in [-0.05, 0) is 13.0 Å². The number of benzene rings is 1. The summed E-state index contributed by atoms with van der Waals surface area (Å²) >= 11 is 0. The fraction of sp³-hybridized carbons (Fsp3) is 0.333. The van der Waals surface area contributed by atoms with Crippen molar-refractivity contribution in [1.82, 2.24) is 19.7 Å². The van der Waals surface area contributed by atoms with Crippen LogP contribution in [0, 0.1) is 11.6 Å². The third kappa shape index (κ3) is 4.18. The zero-order valence-electron chi connectivity index (χ0n) is 14.1. The smallest absolute Gasteiger partial charge is 0.137 e. The van der Waals surface area contributed by atoms with Crippen LogP contribution in [-0.2, 0) is 12.1 Å². The number of hydrogen-bond acceptors (Lipinski definition) is 4. The Hall–Kier alpha value is -2.38. The zero-order chi connectivity index (χ0) is 18.4. The van der Waals surface area contributed by atoms with Gasteiger partial charge in [-0.3, -0.25) is 4.90 Å². The zero-order valence-corrected chi connectivity index (χ0v) is 14.1. The first-order chi connectivity index (χ1) is 11.9. The number of nitrogens with zero attached hydrogens (tertiary/aromatic N) is 4. The number of rotatable bonds is 9. The lowest BCUT2D eigenvalue weighted by molar-refractivity contribution is -0.0581. The summed E-state index contributed by atoms with van der Waals surface area (Å²) in [5.41, 5.74) is -1.67. The number of hydrogen-bond donors (Lipinski definition) is 1. The molecule has 2 aromatic rings. The predicted octanol–water partition coefficient (Wildman–Crippen LogP) is 2.51. The van der Waals surface area contributed by atoms with Gasteiger partial charge in [-0.2, -0.15) is 5.10 Å². The number of aliphatic hydroxyl groups is 1. The molecule has 0 fully saturated rings. The second kappa shape index (κ2) is 8.13. The Morgan fingerprint density at radius 3 is 2.52 bits per heavy atom. The largest absolute Gasteiger partial charge is 0.381 e. The highest BCUT2D eigenvalue weighted by molar-refractivity contribution is 5.27. The van der Waals surface area contributed by atoms with E-state index in [1.807, 2.05) is 4.90 Å². The van der Waals surface area contributed by atoms with Gasteiger partial charge >= 0.3 is 0 Å². The molecule has 5 nitrogen and oxygen atoms in total. The van der Waals surface area contributed by atoms with Crippen LogP contribution in [0.2, 0.25) is 0 Å². The molecule has 0 saturated carbocycles. The van der Waals surface area contributed by atoms with E-state index in [-0.39, 0.29) is 12.1 Å². The first-order valence-corrected chi connectivity index (χ1v) is 7.88. The van der Waals surface area contributed by atoms with Gasteiger partial charge in [0, 0.05) is 30.8 Å². The molecule has 0 spiro atoms. The van der Waals surface area contributed by atoms with Crippen molar-refractivity contribution in [2.45, 2.75) is 25.1 Å². The van der Waals surface area contributed by atoms with E-state index in [1.165, 1.54) is 23.4 Å². The van der Waals surface area contributed by atoms with E-state index >= 15 is 0 Å². The van der Waals surface area contributed by atoms with Gasteiger partial charge in [-0.1, -0.05) is 18.2 Å². The number of halogens is 2. The molecule has 7 heteroatoms. The maximum atomic E-state index is 14.5. The van der Waals surface area contributed by atoms with Crippen molar-refractivity contribution in [3.8, 4) is 0 Å². The topological polar surface area (TPSA) is 54.2 Å². The van der Waals surface area contributed by atoms with E-state index in [9.17, 15) is 13.9 Å². The first kappa shape index (κ1) is 19.0. The van der Waals surface area contributed by atoms with Gasteiger partial charge in [0.2, 0.25) is 0 Å². The highest BCUT2D eigenvalue weighted by atomic mass is 19.1. The summed E-state index contributed by atoms with van der Waals surface area (Å²) < 4.78 is 29.2. The standard InChI is InChI=1S/C18H22F2N4O/c1-4-8-23(9-5-2)14(3)18(25,11-24-13-21-12-22-24)16-7-6-15(19)10-17(16)20/h4-7,10,12-14,25H,1-2,8-9,11H2,3H3/t14-,18-/m0/s1. The molecule has 1 aromatic carbocycles. The Morgan fingerprint density at radius 2 is 2.00 bits per heavy atom. The van der Waals surface area contributed by atoms with Crippen LogP contribution in [0.3, 0.4) is 0 Å². The molecule has 0 amide bonds. The van der Waals surface area contributed by atoms with Gasteiger partial charge < -0.3 is 5.11 Å². The predicted molar refractivity (Wildman–Crippen MR) is 91.7 cm³/mol.